The van der Waals surface area contributed by atoms with Crippen LogP contribution in [0.15, 0.2) is 30.3 Å². The maximum Gasteiger partial charge on any atom is 0.335 e. The molecule has 0 saturated heterocycles. The number of carbonyl (C=O) groups is 2. The van der Waals surface area contributed by atoms with Gasteiger partial charge in [0.2, 0.25) is 5.91 Å². The van der Waals surface area contributed by atoms with E-state index in [9.17, 15) is 9.59 Å². The second-order valence-corrected chi connectivity index (χ2v) is 3.44. The fraction of sp³-hybridized carbons (Fsp3) is 0.273. The molecule has 2 unspecified atom stereocenters. The molecule has 0 radical (unpaired) electrons. The van der Waals surface area contributed by atoms with Gasteiger partial charge in [-0.3, -0.25) is 4.79 Å². The van der Waals surface area contributed by atoms with Gasteiger partial charge in [-0.2, -0.15) is 0 Å². The van der Waals surface area contributed by atoms with Crippen molar-refractivity contribution in [2.75, 3.05) is 0 Å². The summed E-state index contributed by atoms with van der Waals surface area (Å²) in [6.07, 6.45) is 0.327. The largest absolute Gasteiger partial charge is 0.450 e. The third-order valence-corrected chi connectivity index (χ3v) is 2.34. The van der Waals surface area contributed by atoms with Crippen molar-refractivity contribution in [1.82, 2.24) is 5.32 Å². The summed E-state index contributed by atoms with van der Waals surface area (Å²) in [5.41, 5.74) is 0.705. The summed E-state index contributed by atoms with van der Waals surface area (Å²) in [7, 11) is 1.89. The maximum absolute atomic E-state index is 11.5. The molecule has 1 amide bonds. The molecule has 0 aliphatic heterocycles. The van der Waals surface area contributed by atoms with E-state index in [-0.39, 0.29) is 5.91 Å². The van der Waals surface area contributed by atoms with E-state index >= 15 is 0 Å². The summed E-state index contributed by atoms with van der Waals surface area (Å²) in [6.45, 7) is 1.73. The lowest BCUT2D eigenvalue weighted by molar-refractivity contribution is -0.138. The first-order chi connectivity index (χ1) is 7.69. The van der Waals surface area contributed by atoms with Gasteiger partial charge < -0.3 is 9.84 Å². The molecule has 0 aliphatic carbocycles. The Morgan fingerprint density at radius 3 is 2.50 bits per heavy atom. The highest BCUT2D eigenvalue weighted by molar-refractivity contribution is 7.10. The quantitative estimate of drug-likeness (QED) is 0.812. The lowest BCUT2D eigenvalue weighted by Crippen LogP contribution is -2.33. The first kappa shape index (κ1) is 12.7. The topological polar surface area (TPSA) is 55.4 Å². The Balaban J connectivity index is 2.88. The molecule has 16 heavy (non-hydrogen) atoms. The Hall–Kier alpha value is -1.41. The Morgan fingerprint density at radius 1 is 1.38 bits per heavy atom. The van der Waals surface area contributed by atoms with Crippen molar-refractivity contribution in [3.05, 3.63) is 35.9 Å². The molecular formula is C11H14NO3P. The Kier molecular flexibility index (Phi) is 4.93. The van der Waals surface area contributed by atoms with Crippen molar-refractivity contribution in [2.24, 2.45) is 0 Å². The van der Waals surface area contributed by atoms with Crippen molar-refractivity contribution in [3.8, 4) is 0 Å². The van der Waals surface area contributed by atoms with E-state index in [1.165, 1.54) is 0 Å². The highest BCUT2D eigenvalue weighted by Gasteiger charge is 2.22. The average molecular weight is 239 g/mol. The SMILES string of the molecule is CCC(=O)NC(C(=O)OP)c1ccccc1. The van der Waals surface area contributed by atoms with Crippen LogP contribution < -0.4 is 5.32 Å². The van der Waals surface area contributed by atoms with E-state index in [1.807, 2.05) is 15.5 Å². The minimum Gasteiger partial charge on any atom is -0.450 e. The van der Waals surface area contributed by atoms with Crippen LogP contribution in [0.25, 0.3) is 0 Å². The Morgan fingerprint density at radius 2 is 2.00 bits per heavy atom. The zero-order valence-corrected chi connectivity index (χ0v) is 10.1. The molecule has 5 heteroatoms. The smallest absolute Gasteiger partial charge is 0.335 e. The highest BCUT2D eigenvalue weighted by atomic mass is 31.0. The number of rotatable bonds is 4. The maximum atomic E-state index is 11.5. The van der Waals surface area contributed by atoms with Crippen molar-refractivity contribution in [3.63, 3.8) is 0 Å². The summed E-state index contributed by atoms with van der Waals surface area (Å²) >= 11 is 0. The summed E-state index contributed by atoms with van der Waals surface area (Å²) in [6, 6.07) is 8.23. The van der Waals surface area contributed by atoms with Crippen LogP contribution in [0.1, 0.15) is 24.9 Å². The molecule has 1 aromatic carbocycles. The van der Waals surface area contributed by atoms with Gasteiger partial charge in [0.25, 0.3) is 0 Å². The molecule has 86 valence electrons. The highest BCUT2D eigenvalue weighted by Crippen LogP contribution is 2.15. The predicted octanol–water partition coefficient (Wildman–Crippen LogP) is 1.59. The van der Waals surface area contributed by atoms with Crippen LogP contribution in [0, 0.1) is 0 Å². The Bertz CT molecular complexity index is 367. The van der Waals surface area contributed by atoms with Gasteiger partial charge in [-0.25, -0.2) is 4.79 Å². The van der Waals surface area contributed by atoms with Gasteiger partial charge in [0, 0.05) is 6.42 Å². The standard InChI is InChI=1S/C11H14NO3P/c1-2-9(13)12-10(11(14)15-16)8-6-4-3-5-7-8/h3-7,10H,2,16H2,1H3,(H,12,13). The van der Waals surface area contributed by atoms with Gasteiger partial charge in [0.05, 0.1) is 9.47 Å². The molecule has 1 rings (SSSR count). The number of benzene rings is 1. The van der Waals surface area contributed by atoms with Gasteiger partial charge >= 0.3 is 5.97 Å². The molecule has 0 aromatic heterocycles. The fourth-order valence-corrected chi connectivity index (χ4v) is 1.39. The zero-order valence-electron chi connectivity index (χ0n) is 8.97. The summed E-state index contributed by atoms with van der Waals surface area (Å²) in [5.74, 6) is -0.692. The minimum atomic E-state index is -0.744. The van der Waals surface area contributed by atoms with Gasteiger partial charge in [-0.15, -0.1) is 0 Å². The van der Waals surface area contributed by atoms with Crippen molar-refractivity contribution < 1.29 is 14.1 Å². The van der Waals surface area contributed by atoms with Gasteiger partial charge in [-0.05, 0) is 5.56 Å². The van der Waals surface area contributed by atoms with Crippen LogP contribution in [0.2, 0.25) is 0 Å². The fourth-order valence-electron chi connectivity index (χ4n) is 1.25. The lowest BCUT2D eigenvalue weighted by atomic mass is 10.1. The van der Waals surface area contributed by atoms with E-state index < -0.39 is 12.0 Å². The van der Waals surface area contributed by atoms with Crippen molar-refractivity contribution in [2.45, 2.75) is 19.4 Å². The average Bonchev–Trinajstić information content (AvgIpc) is 2.35. The van der Waals surface area contributed by atoms with Gasteiger partial charge in [0.1, 0.15) is 0 Å². The minimum absolute atomic E-state index is 0.191. The van der Waals surface area contributed by atoms with Gasteiger partial charge in [0.15, 0.2) is 6.04 Å². The lowest BCUT2D eigenvalue weighted by Gasteiger charge is -2.16. The number of carbonyl (C=O) groups excluding carboxylic acids is 2. The van der Waals surface area contributed by atoms with Crippen LogP contribution in [0.3, 0.4) is 0 Å². The first-order valence-corrected chi connectivity index (χ1v) is 5.41. The second-order valence-electron chi connectivity index (χ2n) is 3.20. The predicted molar refractivity (Wildman–Crippen MR) is 63.4 cm³/mol. The van der Waals surface area contributed by atoms with E-state index in [1.54, 1.807) is 31.2 Å². The van der Waals surface area contributed by atoms with Gasteiger partial charge in [-0.1, -0.05) is 37.3 Å². The first-order valence-electron chi connectivity index (χ1n) is 4.94. The van der Waals surface area contributed by atoms with E-state index in [2.05, 4.69) is 9.84 Å². The molecule has 0 spiro atoms. The number of hydrogen-bond acceptors (Lipinski definition) is 3. The molecular weight excluding hydrogens is 225 g/mol. The number of hydrogen-bond donors (Lipinski definition) is 1. The Labute approximate surface area is 96.7 Å². The van der Waals surface area contributed by atoms with Crippen LogP contribution in [-0.2, 0) is 14.1 Å². The molecule has 1 N–H and O–H groups in total. The summed E-state index contributed by atoms with van der Waals surface area (Å²) in [4.78, 5) is 22.8. The molecule has 2 atom stereocenters. The molecule has 1 aromatic rings. The molecule has 0 fully saturated rings. The van der Waals surface area contributed by atoms with E-state index in [0.29, 0.717) is 12.0 Å². The molecule has 0 aliphatic rings. The van der Waals surface area contributed by atoms with Crippen LogP contribution in [0.4, 0.5) is 0 Å². The van der Waals surface area contributed by atoms with Crippen LogP contribution >= 0.6 is 9.47 Å². The van der Waals surface area contributed by atoms with Crippen LogP contribution in [0.5, 0.6) is 0 Å². The van der Waals surface area contributed by atoms with Crippen molar-refractivity contribution in [1.29, 1.82) is 0 Å². The second kappa shape index (κ2) is 6.23. The van der Waals surface area contributed by atoms with E-state index in [0.717, 1.165) is 0 Å². The summed E-state index contributed by atoms with van der Waals surface area (Å²) < 4.78 is 4.58. The molecule has 0 heterocycles. The number of nitrogens with one attached hydrogen (secondary N) is 1. The molecule has 0 saturated carbocycles. The van der Waals surface area contributed by atoms with Crippen LogP contribution in [-0.4, -0.2) is 11.9 Å². The van der Waals surface area contributed by atoms with E-state index in [4.69, 9.17) is 0 Å². The summed E-state index contributed by atoms with van der Waals surface area (Å²) in [5, 5.41) is 2.61. The third kappa shape index (κ3) is 3.31. The normalized spacial score (nSPS) is 11.6. The zero-order chi connectivity index (χ0) is 12.0. The monoisotopic (exact) mass is 239 g/mol. The molecule has 0 bridgehead atoms. The number of amides is 1. The molecule has 4 nitrogen and oxygen atoms in total. The van der Waals surface area contributed by atoms with Crippen molar-refractivity contribution >= 4 is 21.3 Å². The third-order valence-electron chi connectivity index (χ3n) is 2.11.